The van der Waals surface area contributed by atoms with Crippen molar-refractivity contribution in [1.29, 1.82) is 0 Å². The minimum atomic E-state index is -3.49. The fraction of sp³-hybridized carbons (Fsp3) is 0.857. The zero-order valence-corrected chi connectivity index (χ0v) is 9.53. The number of hydrogen-bond donors (Lipinski definition) is 1. The van der Waals surface area contributed by atoms with Gasteiger partial charge in [0.2, 0.25) is 0 Å². The second-order valence-corrected chi connectivity index (χ2v) is 4.86. The lowest BCUT2D eigenvalue weighted by Crippen LogP contribution is -2.26. The smallest absolute Gasteiger partial charge is 0.280 e. The molecule has 0 amide bonds. The second kappa shape index (κ2) is 4.88. The van der Waals surface area contributed by atoms with Gasteiger partial charge >= 0.3 is 0 Å². The summed E-state index contributed by atoms with van der Waals surface area (Å²) in [5.74, 6) is -0.0216. The third-order valence-electron chi connectivity index (χ3n) is 1.97. The average Bonchev–Trinajstić information content (AvgIpc) is 2.45. The maximum absolute atomic E-state index is 10.9. The predicted molar refractivity (Wildman–Crippen MR) is 54.5 cm³/mol. The number of nitrogens with two attached hydrogens (primary N) is 1. The Morgan fingerprint density at radius 1 is 1.67 bits per heavy atom. The van der Waals surface area contributed by atoms with Crippen molar-refractivity contribution in [3.8, 4) is 0 Å². The third-order valence-corrected chi connectivity index (χ3v) is 2.45. The Kier molecular flexibility index (Phi) is 4.03. The van der Waals surface area contributed by atoms with Crippen molar-refractivity contribution in [2.75, 3.05) is 33.0 Å². The molecule has 1 saturated heterocycles. The molecule has 0 aromatic carbocycles. The van der Waals surface area contributed by atoms with E-state index in [-0.39, 0.29) is 5.92 Å². The summed E-state index contributed by atoms with van der Waals surface area (Å²) in [4.78, 5) is 4.64. The van der Waals surface area contributed by atoms with Crippen molar-refractivity contribution < 1.29 is 17.5 Å². The topological polar surface area (TPSA) is 94.2 Å². The molecule has 1 atom stereocenters. The van der Waals surface area contributed by atoms with Crippen LogP contribution < -0.4 is 5.73 Å². The van der Waals surface area contributed by atoms with Gasteiger partial charge in [0.1, 0.15) is 7.11 Å². The van der Waals surface area contributed by atoms with E-state index in [1.165, 1.54) is 12.2 Å². The van der Waals surface area contributed by atoms with Gasteiger partial charge in [-0.15, -0.1) is 0 Å². The van der Waals surface area contributed by atoms with Gasteiger partial charge < -0.3 is 10.6 Å². The lowest BCUT2D eigenvalue weighted by Gasteiger charge is -2.11. The molecule has 1 aliphatic rings. The number of nitrogens with zero attached hydrogens (tertiary/aromatic N) is 2. The molecule has 0 bridgehead atoms. The highest BCUT2D eigenvalue weighted by atomic mass is 32.2. The molecular formula is C7H15N3O4S. The summed E-state index contributed by atoms with van der Waals surface area (Å²) < 4.78 is 26.5. The molecule has 0 aliphatic carbocycles. The molecular weight excluding hydrogens is 222 g/mol. The van der Waals surface area contributed by atoms with Gasteiger partial charge in [0, 0.05) is 19.0 Å². The number of oxime groups is 1. The molecule has 0 aromatic rings. The summed E-state index contributed by atoms with van der Waals surface area (Å²) in [5.41, 5.74) is 6.21. The fourth-order valence-electron chi connectivity index (χ4n) is 1.41. The van der Waals surface area contributed by atoms with Crippen LogP contribution in [0.1, 0.15) is 0 Å². The minimum absolute atomic E-state index is 0.0216. The van der Waals surface area contributed by atoms with Gasteiger partial charge in [0.25, 0.3) is 10.1 Å². The Morgan fingerprint density at radius 3 is 2.80 bits per heavy atom. The van der Waals surface area contributed by atoms with E-state index < -0.39 is 10.1 Å². The van der Waals surface area contributed by atoms with E-state index in [1.807, 2.05) is 0 Å². The van der Waals surface area contributed by atoms with Crippen LogP contribution in [0.4, 0.5) is 0 Å². The predicted octanol–water partition coefficient (Wildman–Crippen LogP) is -1.23. The van der Waals surface area contributed by atoms with Gasteiger partial charge in [0.05, 0.1) is 18.5 Å². The summed E-state index contributed by atoms with van der Waals surface area (Å²) in [6.45, 7) is 1.08. The maximum Gasteiger partial charge on any atom is 0.280 e. The highest BCUT2D eigenvalue weighted by Gasteiger charge is 2.31. The van der Waals surface area contributed by atoms with Gasteiger partial charge in [-0.25, -0.2) is 0 Å². The molecule has 1 rings (SSSR count). The van der Waals surface area contributed by atoms with Crippen LogP contribution in [0, 0.1) is 5.92 Å². The van der Waals surface area contributed by atoms with Crippen molar-refractivity contribution in [3.63, 3.8) is 0 Å². The van der Waals surface area contributed by atoms with Crippen molar-refractivity contribution in [1.82, 2.24) is 5.06 Å². The van der Waals surface area contributed by atoms with Crippen LogP contribution in [0.5, 0.6) is 0 Å². The van der Waals surface area contributed by atoms with E-state index in [1.54, 1.807) is 0 Å². The van der Waals surface area contributed by atoms with Gasteiger partial charge in [-0.05, 0) is 0 Å². The summed E-state index contributed by atoms with van der Waals surface area (Å²) in [5, 5.41) is 5.09. The number of hydrogen-bond acceptors (Lipinski definition) is 7. The Bertz CT molecular complexity index is 340. The van der Waals surface area contributed by atoms with Crippen LogP contribution in [-0.4, -0.2) is 52.2 Å². The molecule has 0 aromatic heterocycles. The Balaban J connectivity index is 2.65. The first-order valence-corrected chi connectivity index (χ1v) is 6.22. The minimum Gasteiger partial charge on any atom is -0.399 e. The lowest BCUT2D eigenvalue weighted by atomic mass is 10.1. The van der Waals surface area contributed by atoms with Crippen LogP contribution in [0.15, 0.2) is 5.16 Å². The van der Waals surface area contributed by atoms with Crippen molar-refractivity contribution >= 4 is 15.8 Å². The van der Waals surface area contributed by atoms with Crippen molar-refractivity contribution in [2.45, 2.75) is 0 Å². The fourth-order valence-corrected chi connectivity index (χ4v) is 1.90. The van der Waals surface area contributed by atoms with Gasteiger partial charge in [-0.3, -0.25) is 0 Å². The van der Waals surface area contributed by atoms with Crippen LogP contribution in [0.3, 0.4) is 0 Å². The molecule has 88 valence electrons. The van der Waals surface area contributed by atoms with E-state index in [4.69, 9.17) is 10.0 Å². The van der Waals surface area contributed by atoms with E-state index in [0.717, 1.165) is 6.26 Å². The maximum atomic E-state index is 10.9. The second-order valence-electron chi connectivity index (χ2n) is 3.30. The van der Waals surface area contributed by atoms with E-state index in [9.17, 15) is 8.42 Å². The molecule has 0 saturated carbocycles. The Labute approximate surface area is 88.9 Å². The molecule has 1 aliphatic heterocycles. The highest BCUT2D eigenvalue weighted by Crippen LogP contribution is 2.14. The molecule has 7 nitrogen and oxygen atoms in total. The van der Waals surface area contributed by atoms with Crippen LogP contribution in [-0.2, 0) is 19.2 Å². The van der Waals surface area contributed by atoms with Crippen LogP contribution in [0.2, 0.25) is 0 Å². The van der Waals surface area contributed by atoms with Gasteiger partial charge in [0.15, 0.2) is 0 Å². The zero-order chi connectivity index (χ0) is 11.5. The first kappa shape index (κ1) is 12.4. The Morgan fingerprint density at radius 2 is 2.33 bits per heavy atom. The molecule has 0 radical (unpaired) electrons. The average molecular weight is 237 g/mol. The summed E-state index contributed by atoms with van der Waals surface area (Å²) in [7, 11) is -2.06. The van der Waals surface area contributed by atoms with Gasteiger partial charge in [-0.2, -0.15) is 17.8 Å². The van der Waals surface area contributed by atoms with Crippen molar-refractivity contribution in [3.05, 3.63) is 0 Å². The zero-order valence-electron chi connectivity index (χ0n) is 8.71. The van der Waals surface area contributed by atoms with E-state index in [2.05, 4.69) is 9.99 Å². The molecule has 8 heteroatoms. The van der Waals surface area contributed by atoms with Crippen molar-refractivity contribution in [2.24, 2.45) is 16.8 Å². The van der Waals surface area contributed by atoms with Gasteiger partial charge in [-0.1, -0.05) is 5.16 Å². The third kappa shape index (κ3) is 3.74. The SMILES string of the molecule is CO/N=C1\CN(OS(C)(=O)=O)CC1CN. The lowest BCUT2D eigenvalue weighted by molar-refractivity contribution is -0.0264. The highest BCUT2D eigenvalue weighted by molar-refractivity contribution is 7.85. The summed E-state index contributed by atoms with van der Waals surface area (Å²) >= 11 is 0. The number of hydroxylamine groups is 2. The Hall–Kier alpha value is -0.700. The first-order valence-electron chi connectivity index (χ1n) is 4.40. The molecule has 15 heavy (non-hydrogen) atoms. The van der Waals surface area contributed by atoms with Crippen LogP contribution in [0.25, 0.3) is 0 Å². The van der Waals surface area contributed by atoms with E-state index in [0.29, 0.717) is 25.3 Å². The monoisotopic (exact) mass is 237 g/mol. The largest absolute Gasteiger partial charge is 0.399 e. The molecule has 1 unspecified atom stereocenters. The quantitative estimate of drug-likeness (QED) is 0.615. The standard InChI is InChI=1S/C7H15N3O4S/c1-13-9-7-5-10(4-6(7)3-8)14-15(2,11)12/h6H,3-5,8H2,1-2H3/b9-7+. The summed E-state index contributed by atoms with van der Waals surface area (Å²) in [6.07, 6.45) is 0.996. The summed E-state index contributed by atoms with van der Waals surface area (Å²) in [6, 6.07) is 0. The molecule has 1 heterocycles. The molecule has 2 N–H and O–H groups in total. The molecule has 1 fully saturated rings. The normalized spacial score (nSPS) is 26.1. The van der Waals surface area contributed by atoms with E-state index >= 15 is 0 Å². The number of rotatable bonds is 4. The first-order chi connectivity index (χ1) is 6.96. The van der Waals surface area contributed by atoms with Crippen LogP contribution >= 0.6 is 0 Å². The molecule has 0 spiro atoms.